The molecule has 2 nitrogen and oxygen atoms in total. The fourth-order valence-corrected chi connectivity index (χ4v) is 1.69. The number of aryl methyl sites for hydroxylation is 1. The maximum absolute atomic E-state index is 5.71. The summed E-state index contributed by atoms with van der Waals surface area (Å²) in [7, 11) is 0. The van der Waals surface area contributed by atoms with Crippen LogP contribution in [0.1, 0.15) is 39.2 Å². The normalized spacial score (nSPS) is 11.3. The van der Waals surface area contributed by atoms with Crippen molar-refractivity contribution in [3.63, 3.8) is 0 Å². The molecule has 0 amide bonds. The summed E-state index contributed by atoms with van der Waals surface area (Å²) in [6.07, 6.45) is 3.12. The molecule has 0 saturated heterocycles. The fraction of sp³-hybridized carbons (Fsp3) is 0.533. The molecule has 3 heteroatoms. The molecule has 18 heavy (non-hydrogen) atoms. The number of hydrogen-bond donors (Lipinski definition) is 1. The van der Waals surface area contributed by atoms with Crippen molar-refractivity contribution >= 4 is 17.2 Å². The van der Waals surface area contributed by atoms with Crippen LogP contribution in [-0.4, -0.2) is 11.6 Å². The van der Waals surface area contributed by atoms with Crippen LogP contribution >= 0.6 is 12.2 Å². The number of ether oxygens (including phenoxy) is 1. The Bertz CT molecular complexity index is 384. The van der Waals surface area contributed by atoms with Crippen LogP contribution in [0.3, 0.4) is 0 Å². The highest BCUT2D eigenvalue weighted by molar-refractivity contribution is 7.80. The van der Waals surface area contributed by atoms with Gasteiger partial charge in [-0.05, 0) is 30.5 Å². The Balaban J connectivity index is 2.42. The Morgan fingerprint density at radius 1 is 1.28 bits per heavy atom. The van der Waals surface area contributed by atoms with Crippen molar-refractivity contribution in [3.05, 3.63) is 29.8 Å². The summed E-state index contributed by atoms with van der Waals surface area (Å²) in [6.45, 7) is 6.91. The van der Waals surface area contributed by atoms with Crippen molar-refractivity contribution < 1.29 is 4.74 Å². The van der Waals surface area contributed by atoms with Gasteiger partial charge in [0.25, 0.3) is 0 Å². The maximum Gasteiger partial charge on any atom is 0.119 e. The van der Waals surface area contributed by atoms with Crippen LogP contribution in [0.4, 0.5) is 0 Å². The number of nitrogens with two attached hydrogens (primary N) is 1. The summed E-state index contributed by atoms with van der Waals surface area (Å²) in [5.74, 6) is 0.911. The predicted octanol–water partition coefficient (Wildman–Crippen LogP) is 3.72. The third-order valence-corrected chi connectivity index (χ3v) is 3.68. The molecule has 0 aliphatic heterocycles. The molecule has 2 N–H and O–H groups in total. The number of thiocarbonyl (C=S) groups is 1. The van der Waals surface area contributed by atoms with E-state index in [1.165, 1.54) is 12.0 Å². The first-order valence-corrected chi connectivity index (χ1v) is 6.88. The number of hydrogen-bond acceptors (Lipinski definition) is 2. The standard InChI is InChI=1S/C15H23NOS/c1-4-5-12-6-8-13(9-7-12)17-11-10-15(2,3)14(16)18/h6-9H,4-5,10-11H2,1-3H3,(H2,16,18). The summed E-state index contributed by atoms with van der Waals surface area (Å²) in [4.78, 5) is 0.546. The van der Waals surface area contributed by atoms with E-state index in [2.05, 4.69) is 19.1 Å². The molecule has 0 aliphatic carbocycles. The van der Waals surface area contributed by atoms with Crippen LogP contribution in [0.15, 0.2) is 24.3 Å². The molecule has 0 heterocycles. The second-order valence-electron chi connectivity index (χ2n) is 5.24. The number of benzene rings is 1. The van der Waals surface area contributed by atoms with Gasteiger partial charge in [0.15, 0.2) is 0 Å². The Labute approximate surface area is 116 Å². The average molecular weight is 265 g/mol. The molecule has 0 radical (unpaired) electrons. The predicted molar refractivity (Wildman–Crippen MR) is 81.1 cm³/mol. The van der Waals surface area contributed by atoms with E-state index in [1.54, 1.807) is 0 Å². The van der Waals surface area contributed by atoms with Gasteiger partial charge in [0, 0.05) is 5.41 Å². The Hall–Kier alpha value is -1.09. The molecular formula is C15H23NOS. The molecule has 0 fully saturated rings. The van der Waals surface area contributed by atoms with E-state index in [1.807, 2.05) is 26.0 Å². The maximum atomic E-state index is 5.71. The van der Waals surface area contributed by atoms with Gasteiger partial charge in [-0.3, -0.25) is 0 Å². The zero-order valence-corrected chi connectivity index (χ0v) is 12.3. The molecule has 0 aliphatic rings. The number of rotatable bonds is 7. The van der Waals surface area contributed by atoms with E-state index < -0.39 is 0 Å². The molecule has 0 bridgehead atoms. The highest BCUT2D eigenvalue weighted by Crippen LogP contribution is 2.21. The largest absolute Gasteiger partial charge is 0.494 e. The minimum absolute atomic E-state index is 0.141. The van der Waals surface area contributed by atoms with Crippen molar-refractivity contribution in [1.29, 1.82) is 0 Å². The van der Waals surface area contributed by atoms with E-state index in [0.717, 1.165) is 18.6 Å². The highest BCUT2D eigenvalue weighted by Gasteiger charge is 2.20. The van der Waals surface area contributed by atoms with Crippen LogP contribution in [-0.2, 0) is 6.42 Å². The highest BCUT2D eigenvalue weighted by atomic mass is 32.1. The zero-order valence-electron chi connectivity index (χ0n) is 11.5. The van der Waals surface area contributed by atoms with E-state index in [0.29, 0.717) is 11.6 Å². The lowest BCUT2D eigenvalue weighted by molar-refractivity contribution is 0.270. The topological polar surface area (TPSA) is 35.2 Å². The van der Waals surface area contributed by atoms with Gasteiger partial charge in [-0.25, -0.2) is 0 Å². The van der Waals surface area contributed by atoms with E-state index in [4.69, 9.17) is 22.7 Å². The zero-order chi connectivity index (χ0) is 13.6. The van der Waals surface area contributed by atoms with Crippen LogP contribution in [0.25, 0.3) is 0 Å². The lowest BCUT2D eigenvalue weighted by atomic mass is 9.90. The summed E-state index contributed by atoms with van der Waals surface area (Å²) < 4.78 is 5.71. The van der Waals surface area contributed by atoms with Gasteiger partial charge in [0.2, 0.25) is 0 Å². The second kappa shape index (κ2) is 6.74. The summed E-state index contributed by atoms with van der Waals surface area (Å²) in [5, 5.41) is 0. The molecule has 0 saturated carbocycles. The Morgan fingerprint density at radius 2 is 1.89 bits per heavy atom. The van der Waals surface area contributed by atoms with Gasteiger partial charge in [-0.1, -0.05) is 51.5 Å². The van der Waals surface area contributed by atoms with Gasteiger partial charge in [-0.15, -0.1) is 0 Å². The molecule has 0 unspecified atom stereocenters. The van der Waals surface area contributed by atoms with Crippen LogP contribution in [0, 0.1) is 5.41 Å². The van der Waals surface area contributed by atoms with Crippen LogP contribution in [0.5, 0.6) is 5.75 Å². The third kappa shape index (κ3) is 4.65. The molecule has 1 aromatic rings. The molecular weight excluding hydrogens is 242 g/mol. The van der Waals surface area contributed by atoms with Crippen molar-refractivity contribution in [1.82, 2.24) is 0 Å². The summed E-state index contributed by atoms with van der Waals surface area (Å²) >= 11 is 5.03. The Kier molecular flexibility index (Phi) is 5.60. The van der Waals surface area contributed by atoms with E-state index in [9.17, 15) is 0 Å². The van der Waals surface area contributed by atoms with Gasteiger partial charge in [0.05, 0.1) is 11.6 Å². The monoisotopic (exact) mass is 265 g/mol. The first kappa shape index (κ1) is 15.0. The molecule has 0 aromatic heterocycles. The molecule has 1 aromatic carbocycles. The molecule has 0 spiro atoms. The molecule has 1 rings (SSSR count). The molecule has 100 valence electrons. The first-order chi connectivity index (χ1) is 8.45. The second-order valence-corrected chi connectivity index (χ2v) is 5.68. The summed E-state index contributed by atoms with van der Waals surface area (Å²) in [6, 6.07) is 8.30. The van der Waals surface area contributed by atoms with E-state index in [-0.39, 0.29) is 5.41 Å². The summed E-state index contributed by atoms with van der Waals surface area (Å²) in [5.41, 5.74) is 6.89. The SMILES string of the molecule is CCCc1ccc(OCCC(C)(C)C(N)=S)cc1. The van der Waals surface area contributed by atoms with Crippen molar-refractivity contribution in [2.75, 3.05) is 6.61 Å². The van der Waals surface area contributed by atoms with Crippen molar-refractivity contribution in [2.24, 2.45) is 11.1 Å². The quantitative estimate of drug-likeness (QED) is 0.763. The van der Waals surface area contributed by atoms with Gasteiger partial charge in [0.1, 0.15) is 5.75 Å². The fourth-order valence-electron chi connectivity index (χ4n) is 1.59. The van der Waals surface area contributed by atoms with Gasteiger partial charge in [-0.2, -0.15) is 0 Å². The van der Waals surface area contributed by atoms with Crippen LogP contribution < -0.4 is 10.5 Å². The third-order valence-electron chi connectivity index (χ3n) is 3.12. The first-order valence-electron chi connectivity index (χ1n) is 6.47. The Morgan fingerprint density at radius 3 is 2.39 bits per heavy atom. The van der Waals surface area contributed by atoms with Crippen molar-refractivity contribution in [3.8, 4) is 5.75 Å². The lowest BCUT2D eigenvalue weighted by Gasteiger charge is -2.22. The molecule has 0 atom stereocenters. The van der Waals surface area contributed by atoms with Crippen LogP contribution in [0.2, 0.25) is 0 Å². The van der Waals surface area contributed by atoms with Gasteiger partial charge >= 0.3 is 0 Å². The smallest absolute Gasteiger partial charge is 0.119 e. The van der Waals surface area contributed by atoms with Gasteiger partial charge < -0.3 is 10.5 Å². The van der Waals surface area contributed by atoms with E-state index >= 15 is 0 Å². The average Bonchev–Trinajstić information content (AvgIpc) is 2.31. The van der Waals surface area contributed by atoms with Crippen molar-refractivity contribution in [2.45, 2.75) is 40.0 Å². The minimum atomic E-state index is -0.141. The lowest BCUT2D eigenvalue weighted by Crippen LogP contribution is -2.31. The minimum Gasteiger partial charge on any atom is -0.494 e.